The van der Waals surface area contributed by atoms with E-state index in [0.29, 0.717) is 6.10 Å². The molecule has 0 radical (unpaired) electrons. The molecule has 0 aromatic rings. The number of allylic oxidation sites excluding steroid dienone is 3. The van der Waals surface area contributed by atoms with E-state index in [4.69, 9.17) is 4.74 Å². The van der Waals surface area contributed by atoms with E-state index in [1.807, 2.05) is 0 Å². The van der Waals surface area contributed by atoms with Crippen molar-refractivity contribution in [2.75, 3.05) is 6.61 Å². The lowest BCUT2D eigenvalue weighted by molar-refractivity contribution is 0.0226. The minimum absolute atomic E-state index is 0.548. The fraction of sp³-hybridized carbons (Fsp3) is 0.871. The van der Waals surface area contributed by atoms with Gasteiger partial charge < -0.3 is 4.74 Å². The first-order valence-corrected chi connectivity index (χ1v) is 14.7. The van der Waals surface area contributed by atoms with Crippen LogP contribution < -0.4 is 0 Å². The van der Waals surface area contributed by atoms with E-state index in [1.165, 1.54) is 77.0 Å². The van der Waals surface area contributed by atoms with Gasteiger partial charge in [0.25, 0.3) is 0 Å². The Morgan fingerprint density at radius 2 is 0.938 bits per heavy atom. The summed E-state index contributed by atoms with van der Waals surface area (Å²) in [6, 6.07) is 0. The average molecular weight is 441 g/mol. The highest BCUT2D eigenvalue weighted by molar-refractivity contribution is 4.97. The van der Waals surface area contributed by atoms with Crippen molar-refractivity contribution < 1.29 is 4.74 Å². The van der Waals surface area contributed by atoms with E-state index in [-0.39, 0.29) is 0 Å². The molecule has 0 aromatic carbocycles. The maximum absolute atomic E-state index is 5.97. The van der Waals surface area contributed by atoms with Gasteiger partial charge in [-0.25, -0.2) is 0 Å². The van der Waals surface area contributed by atoms with Gasteiger partial charge in [0.05, 0.1) is 6.10 Å². The van der Waals surface area contributed by atoms with Crippen LogP contribution in [-0.2, 0) is 4.74 Å². The predicted octanol–water partition coefficient (Wildman–Crippen LogP) is 9.13. The van der Waals surface area contributed by atoms with E-state index in [1.54, 1.807) is 25.7 Å². The highest BCUT2D eigenvalue weighted by atomic mass is 16.5. The van der Waals surface area contributed by atoms with Crippen molar-refractivity contribution in [1.82, 2.24) is 0 Å². The molecule has 4 rings (SSSR count). The van der Waals surface area contributed by atoms with Crippen molar-refractivity contribution in [2.24, 2.45) is 41.4 Å². The topological polar surface area (TPSA) is 9.23 Å². The molecule has 0 bridgehead atoms. The summed E-state index contributed by atoms with van der Waals surface area (Å²) in [7, 11) is 0. The van der Waals surface area contributed by atoms with Gasteiger partial charge in [-0.2, -0.15) is 0 Å². The van der Waals surface area contributed by atoms with Crippen LogP contribution in [-0.4, -0.2) is 12.7 Å². The van der Waals surface area contributed by atoms with Crippen molar-refractivity contribution in [3.63, 3.8) is 0 Å². The molecule has 4 aliphatic rings. The maximum atomic E-state index is 5.97. The Kier molecular flexibility index (Phi) is 9.81. The number of rotatable bonds is 8. The molecule has 0 atom stereocenters. The molecule has 0 aliphatic heterocycles. The molecule has 32 heavy (non-hydrogen) atoms. The molecule has 1 heteroatoms. The molecule has 4 aliphatic carbocycles. The number of hydrogen-bond acceptors (Lipinski definition) is 1. The summed E-state index contributed by atoms with van der Waals surface area (Å²) in [4.78, 5) is 0. The summed E-state index contributed by atoms with van der Waals surface area (Å²) in [5, 5.41) is 0. The zero-order chi connectivity index (χ0) is 22.2. The van der Waals surface area contributed by atoms with Gasteiger partial charge in [0.2, 0.25) is 0 Å². The van der Waals surface area contributed by atoms with Gasteiger partial charge in [0.15, 0.2) is 0 Å². The van der Waals surface area contributed by atoms with Crippen molar-refractivity contribution in [2.45, 2.75) is 122 Å². The first kappa shape index (κ1) is 24.6. The lowest BCUT2D eigenvalue weighted by Gasteiger charge is -2.41. The smallest absolute Gasteiger partial charge is 0.0575 e. The van der Waals surface area contributed by atoms with Crippen molar-refractivity contribution in [1.29, 1.82) is 0 Å². The fourth-order valence-electron chi connectivity index (χ4n) is 7.80. The Morgan fingerprint density at radius 1 is 0.562 bits per heavy atom. The van der Waals surface area contributed by atoms with Crippen LogP contribution in [0.25, 0.3) is 0 Å². The summed E-state index contributed by atoms with van der Waals surface area (Å²) in [6.07, 6.45) is 32.3. The minimum Gasteiger partial charge on any atom is -0.378 e. The highest BCUT2D eigenvalue weighted by Gasteiger charge is 2.34. The molecule has 4 saturated carbocycles. The van der Waals surface area contributed by atoms with Gasteiger partial charge in [-0.15, -0.1) is 6.58 Å². The molecule has 0 aromatic heterocycles. The zero-order valence-electron chi connectivity index (χ0n) is 21.2. The van der Waals surface area contributed by atoms with E-state index in [2.05, 4.69) is 31.7 Å². The molecule has 4 fully saturated rings. The second-order valence-corrected chi connectivity index (χ2v) is 12.1. The molecule has 0 saturated heterocycles. The van der Waals surface area contributed by atoms with E-state index < -0.39 is 0 Å². The molecule has 1 nitrogen and oxygen atoms in total. The van der Waals surface area contributed by atoms with Gasteiger partial charge in [-0.3, -0.25) is 0 Å². The molecule has 0 N–H and O–H groups in total. The Morgan fingerprint density at radius 3 is 1.34 bits per heavy atom. The zero-order valence-corrected chi connectivity index (χ0v) is 21.2. The third-order valence-corrected chi connectivity index (χ3v) is 10.0. The van der Waals surface area contributed by atoms with E-state index in [0.717, 1.165) is 54.5 Å². The van der Waals surface area contributed by atoms with Gasteiger partial charge >= 0.3 is 0 Å². The van der Waals surface area contributed by atoms with Gasteiger partial charge in [-0.1, -0.05) is 25.2 Å². The van der Waals surface area contributed by atoms with Crippen LogP contribution >= 0.6 is 0 Å². The Balaban J connectivity index is 1.11. The first-order chi connectivity index (χ1) is 15.7. The average Bonchev–Trinajstić information content (AvgIpc) is 2.87. The molecule has 0 amide bonds. The molecular weight excluding hydrogens is 388 g/mol. The standard InChI is InChI=1S/C31H52O/c1-3-23-32-31-21-11-26(12-22-31)6-5-25-9-15-28(16-10-25)30-19-17-29(18-20-30)27-13-7-24(4-2)8-14-27/h4-6,24-31H,2-3,7-23H2,1H3/b6-5+. The van der Waals surface area contributed by atoms with Gasteiger partial charge in [0, 0.05) is 6.61 Å². The van der Waals surface area contributed by atoms with Crippen molar-refractivity contribution >= 4 is 0 Å². The number of ether oxygens (including phenoxy) is 1. The molecule has 182 valence electrons. The maximum Gasteiger partial charge on any atom is 0.0575 e. The Labute approximate surface area is 199 Å². The molecule has 0 spiro atoms. The Hall–Kier alpha value is -0.560. The SMILES string of the molecule is C=CC1CCC(C2CCC(C3CCC(/C=C/C4CCC(OCCC)CC4)CC3)CC2)CC1. The van der Waals surface area contributed by atoms with Crippen LogP contribution in [0.5, 0.6) is 0 Å². The monoisotopic (exact) mass is 440 g/mol. The van der Waals surface area contributed by atoms with E-state index in [9.17, 15) is 0 Å². The van der Waals surface area contributed by atoms with Crippen molar-refractivity contribution in [3.05, 3.63) is 24.8 Å². The normalized spacial score (nSPS) is 41.5. The molecule has 0 heterocycles. The van der Waals surface area contributed by atoms with Crippen molar-refractivity contribution in [3.8, 4) is 0 Å². The predicted molar refractivity (Wildman–Crippen MR) is 138 cm³/mol. The second-order valence-electron chi connectivity index (χ2n) is 12.1. The minimum atomic E-state index is 0.548. The van der Waals surface area contributed by atoms with Crippen LogP contribution in [0.3, 0.4) is 0 Å². The van der Waals surface area contributed by atoms with Crippen LogP contribution in [0.4, 0.5) is 0 Å². The third kappa shape index (κ3) is 6.97. The Bertz CT molecular complexity index is 547. The highest BCUT2D eigenvalue weighted by Crippen LogP contribution is 2.46. The van der Waals surface area contributed by atoms with Crippen LogP contribution in [0.2, 0.25) is 0 Å². The van der Waals surface area contributed by atoms with Crippen LogP contribution in [0, 0.1) is 41.4 Å². The van der Waals surface area contributed by atoms with Gasteiger partial charge in [-0.05, 0) is 151 Å². The van der Waals surface area contributed by atoms with E-state index >= 15 is 0 Å². The number of hydrogen-bond donors (Lipinski definition) is 0. The van der Waals surface area contributed by atoms with Gasteiger partial charge in [0.1, 0.15) is 0 Å². The largest absolute Gasteiger partial charge is 0.378 e. The lowest BCUT2D eigenvalue weighted by atomic mass is 9.65. The first-order valence-electron chi connectivity index (χ1n) is 14.7. The summed E-state index contributed by atoms with van der Waals surface area (Å²) in [6.45, 7) is 7.19. The summed E-state index contributed by atoms with van der Waals surface area (Å²) >= 11 is 0. The second kappa shape index (κ2) is 12.8. The van der Waals surface area contributed by atoms with Crippen LogP contribution in [0.15, 0.2) is 24.8 Å². The fourth-order valence-corrected chi connectivity index (χ4v) is 7.80. The lowest BCUT2D eigenvalue weighted by Crippen LogP contribution is -2.29. The quantitative estimate of drug-likeness (QED) is 0.342. The molecular formula is C31H52O. The summed E-state index contributed by atoms with van der Waals surface area (Å²) < 4.78 is 5.97. The molecule has 0 unspecified atom stereocenters. The summed E-state index contributed by atoms with van der Waals surface area (Å²) in [5.41, 5.74) is 0. The van der Waals surface area contributed by atoms with Crippen LogP contribution in [0.1, 0.15) is 116 Å². The third-order valence-electron chi connectivity index (χ3n) is 10.0. The summed E-state index contributed by atoms with van der Waals surface area (Å²) in [5.74, 6) is 6.71.